The molecule has 138 valence electrons. The maximum absolute atomic E-state index is 12.1. The van der Waals surface area contributed by atoms with Gasteiger partial charge in [-0.05, 0) is 59.7 Å². The molecule has 0 fully saturated rings. The molecule has 0 aliphatic carbocycles. The van der Waals surface area contributed by atoms with Gasteiger partial charge in [0.1, 0.15) is 12.4 Å². The highest BCUT2D eigenvalue weighted by atomic mass is 35.5. The second kappa shape index (κ2) is 9.36. The molecule has 0 aliphatic heterocycles. The summed E-state index contributed by atoms with van der Waals surface area (Å²) in [4.78, 5) is 12.1. The van der Waals surface area contributed by atoms with Gasteiger partial charge in [0.15, 0.2) is 0 Å². The van der Waals surface area contributed by atoms with E-state index in [1.54, 1.807) is 60.7 Å². The molecule has 0 radical (unpaired) electrons. The van der Waals surface area contributed by atoms with E-state index in [0.29, 0.717) is 22.8 Å². The first-order valence-corrected chi connectivity index (χ1v) is 8.83. The number of nitriles is 1. The van der Waals surface area contributed by atoms with Gasteiger partial charge in [0.25, 0.3) is 5.91 Å². The van der Waals surface area contributed by atoms with Gasteiger partial charge in [-0.15, -0.1) is 0 Å². The Morgan fingerprint density at radius 2 is 1.71 bits per heavy atom. The lowest BCUT2D eigenvalue weighted by Gasteiger charge is -2.07. The third kappa shape index (κ3) is 5.44. The summed E-state index contributed by atoms with van der Waals surface area (Å²) in [5.74, 6) is 0.415. The fraction of sp³-hybridized carbons (Fsp3) is 0.0455. The molecule has 0 saturated carbocycles. The van der Waals surface area contributed by atoms with Crippen LogP contribution in [0.15, 0.2) is 77.9 Å². The van der Waals surface area contributed by atoms with Crippen molar-refractivity contribution in [2.45, 2.75) is 6.61 Å². The summed E-state index contributed by atoms with van der Waals surface area (Å²) >= 11 is 5.84. The molecule has 3 aromatic carbocycles. The van der Waals surface area contributed by atoms with Gasteiger partial charge in [0.05, 0.1) is 17.8 Å². The Labute approximate surface area is 167 Å². The highest BCUT2D eigenvalue weighted by Gasteiger charge is 2.04. The van der Waals surface area contributed by atoms with Crippen molar-refractivity contribution in [3.63, 3.8) is 0 Å². The number of hydrogen-bond acceptors (Lipinski definition) is 4. The molecule has 0 aromatic heterocycles. The Hall–Kier alpha value is -3.62. The maximum atomic E-state index is 12.1. The van der Waals surface area contributed by atoms with E-state index < -0.39 is 0 Å². The third-order valence-corrected chi connectivity index (χ3v) is 4.11. The van der Waals surface area contributed by atoms with Crippen molar-refractivity contribution in [1.82, 2.24) is 5.43 Å². The number of hydrazone groups is 1. The quantitative estimate of drug-likeness (QED) is 0.496. The van der Waals surface area contributed by atoms with Gasteiger partial charge < -0.3 is 4.74 Å². The molecule has 0 heterocycles. The van der Waals surface area contributed by atoms with E-state index >= 15 is 0 Å². The first-order valence-electron chi connectivity index (χ1n) is 8.45. The summed E-state index contributed by atoms with van der Waals surface area (Å²) in [6.45, 7) is 0.389. The zero-order valence-electron chi connectivity index (χ0n) is 14.8. The molecule has 0 spiro atoms. The molecular weight excluding hydrogens is 374 g/mol. The smallest absolute Gasteiger partial charge is 0.271 e. The van der Waals surface area contributed by atoms with Crippen LogP contribution in [0.3, 0.4) is 0 Å². The van der Waals surface area contributed by atoms with Crippen LogP contribution >= 0.6 is 11.6 Å². The number of nitrogens with one attached hydrogen (secondary N) is 1. The van der Waals surface area contributed by atoms with Crippen molar-refractivity contribution in [3.8, 4) is 11.8 Å². The van der Waals surface area contributed by atoms with Crippen LogP contribution in [0.1, 0.15) is 27.0 Å². The van der Waals surface area contributed by atoms with Gasteiger partial charge >= 0.3 is 0 Å². The molecule has 28 heavy (non-hydrogen) atoms. The van der Waals surface area contributed by atoms with E-state index in [1.807, 2.05) is 18.2 Å². The molecular formula is C22H16ClN3O2. The van der Waals surface area contributed by atoms with Crippen molar-refractivity contribution in [2.75, 3.05) is 0 Å². The molecule has 0 bridgehead atoms. The standard InChI is InChI=1S/C22H16ClN3O2/c23-20-9-11-21(12-10-20)28-15-18-5-7-19(8-6-18)22(27)26-25-14-17-3-1-16(13-24)2-4-17/h1-12,14H,15H2,(H,26,27)/b25-14+. The highest BCUT2D eigenvalue weighted by Crippen LogP contribution is 2.17. The van der Waals surface area contributed by atoms with Crippen LogP contribution in [-0.2, 0) is 6.61 Å². The van der Waals surface area contributed by atoms with Crippen LogP contribution in [0.5, 0.6) is 5.75 Å². The largest absolute Gasteiger partial charge is 0.489 e. The van der Waals surface area contributed by atoms with Crippen LogP contribution in [0.2, 0.25) is 5.02 Å². The maximum Gasteiger partial charge on any atom is 0.271 e. The number of halogens is 1. The van der Waals surface area contributed by atoms with Gasteiger partial charge in [-0.25, -0.2) is 5.43 Å². The summed E-state index contributed by atoms with van der Waals surface area (Å²) < 4.78 is 5.67. The first kappa shape index (κ1) is 19.2. The van der Waals surface area contributed by atoms with Crippen molar-refractivity contribution in [2.24, 2.45) is 5.10 Å². The van der Waals surface area contributed by atoms with Crippen LogP contribution in [-0.4, -0.2) is 12.1 Å². The van der Waals surface area contributed by atoms with E-state index in [2.05, 4.69) is 10.5 Å². The molecule has 1 amide bonds. The summed E-state index contributed by atoms with van der Waals surface area (Å²) in [6, 6.07) is 23.2. The number of ether oxygens (including phenoxy) is 1. The number of hydrogen-bond donors (Lipinski definition) is 1. The van der Waals surface area contributed by atoms with Gasteiger partial charge in [-0.1, -0.05) is 35.9 Å². The fourth-order valence-electron chi connectivity index (χ4n) is 2.32. The van der Waals surface area contributed by atoms with E-state index in [1.165, 1.54) is 6.21 Å². The number of carbonyl (C=O) groups excluding carboxylic acids is 1. The Balaban J connectivity index is 1.52. The molecule has 5 nitrogen and oxygen atoms in total. The van der Waals surface area contributed by atoms with E-state index in [0.717, 1.165) is 16.9 Å². The minimum Gasteiger partial charge on any atom is -0.489 e. The number of rotatable bonds is 6. The normalized spacial score (nSPS) is 10.4. The number of carbonyl (C=O) groups is 1. The second-order valence-corrected chi connectivity index (χ2v) is 6.31. The van der Waals surface area contributed by atoms with Crippen molar-refractivity contribution < 1.29 is 9.53 Å². The second-order valence-electron chi connectivity index (χ2n) is 5.87. The van der Waals surface area contributed by atoms with Crippen LogP contribution < -0.4 is 10.2 Å². The molecule has 0 atom stereocenters. The lowest BCUT2D eigenvalue weighted by molar-refractivity contribution is 0.0955. The molecule has 0 saturated heterocycles. The molecule has 3 aromatic rings. The van der Waals surface area contributed by atoms with E-state index in [-0.39, 0.29) is 5.91 Å². The minimum absolute atomic E-state index is 0.310. The van der Waals surface area contributed by atoms with Crippen LogP contribution in [0.25, 0.3) is 0 Å². The lowest BCUT2D eigenvalue weighted by Crippen LogP contribution is -2.17. The highest BCUT2D eigenvalue weighted by molar-refractivity contribution is 6.30. The summed E-state index contributed by atoms with van der Waals surface area (Å²) in [6.07, 6.45) is 1.52. The van der Waals surface area contributed by atoms with Gasteiger partial charge in [-0.2, -0.15) is 10.4 Å². The molecule has 3 rings (SSSR count). The lowest BCUT2D eigenvalue weighted by atomic mass is 10.1. The average molecular weight is 390 g/mol. The van der Waals surface area contributed by atoms with Gasteiger partial charge in [0, 0.05) is 10.6 Å². The van der Waals surface area contributed by atoms with Crippen molar-refractivity contribution in [1.29, 1.82) is 5.26 Å². The fourth-order valence-corrected chi connectivity index (χ4v) is 2.45. The predicted molar refractivity (Wildman–Crippen MR) is 108 cm³/mol. The first-order chi connectivity index (χ1) is 13.6. The molecule has 1 N–H and O–H groups in total. The summed E-state index contributed by atoms with van der Waals surface area (Å²) in [5.41, 5.74) is 5.27. The Kier molecular flexibility index (Phi) is 6.40. The Morgan fingerprint density at radius 1 is 1.04 bits per heavy atom. The van der Waals surface area contributed by atoms with Gasteiger partial charge in [0.2, 0.25) is 0 Å². The SMILES string of the molecule is N#Cc1ccc(/C=N/NC(=O)c2ccc(COc3ccc(Cl)cc3)cc2)cc1. The van der Waals surface area contributed by atoms with E-state index in [4.69, 9.17) is 21.6 Å². The Bertz CT molecular complexity index is 1010. The van der Waals surface area contributed by atoms with Crippen molar-refractivity contribution >= 4 is 23.7 Å². The van der Waals surface area contributed by atoms with Crippen molar-refractivity contribution in [3.05, 3.63) is 100 Å². The topological polar surface area (TPSA) is 74.5 Å². The number of benzene rings is 3. The van der Waals surface area contributed by atoms with Gasteiger partial charge in [-0.3, -0.25) is 4.79 Å². The molecule has 6 heteroatoms. The number of nitrogens with zero attached hydrogens (tertiary/aromatic N) is 2. The van der Waals surface area contributed by atoms with E-state index in [9.17, 15) is 4.79 Å². The predicted octanol–water partition coefficient (Wildman–Crippen LogP) is 4.55. The molecule has 0 aliphatic rings. The Morgan fingerprint density at radius 3 is 2.36 bits per heavy atom. The average Bonchev–Trinajstić information content (AvgIpc) is 2.74. The summed E-state index contributed by atoms with van der Waals surface area (Å²) in [5, 5.41) is 13.4. The molecule has 0 unspecified atom stereocenters. The summed E-state index contributed by atoms with van der Waals surface area (Å²) in [7, 11) is 0. The number of amides is 1. The minimum atomic E-state index is -0.310. The zero-order chi connectivity index (χ0) is 19.8. The third-order valence-electron chi connectivity index (χ3n) is 3.85. The van der Waals surface area contributed by atoms with Crippen LogP contribution in [0, 0.1) is 11.3 Å². The van der Waals surface area contributed by atoms with Crippen LogP contribution in [0.4, 0.5) is 0 Å². The zero-order valence-corrected chi connectivity index (χ0v) is 15.6. The monoisotopic (exact) mass is 389 g/mol.